The lowest BCUT2D eigenvalue weighted by molar-refractivity contribution is -0.154. The van der Waals surface area contributed by atoms with E-state index in [9.17, 15) is 31.5 Å². The summed E-state index contributed by atoms with van der Waals surface area (Å²) in [6.07, 6.45) is -3.68. The molecular formula is C32H35F6N5O4. The molecule has 0 unspecified atom stereocenters. The molecule has 0 aliphatic carbocycles. The van der Waals surface area contributed by atoms with Crippen molar-refractivity contribution in [3.63, 3.8) is 0 Å². The lowest BCUT2D eigenvalue weighted by Crippen LogP contribution is -2.50. The number of aromatic nitrogens is 1. The average Bonchev–Trinajstić information content (AvgIpc) is 3.03. The molecule has 4 rings (SSSR count). The number of anilines is 1. The van der Waals surface area contributed by atoms with Gasteiger partial charge in [0.15, 0.2) is 0 Å². The molecule has 9 nitrogen and oxygen atoms in total. The Morgan fingerprint density at radius 1 is 1.04 bits per heavy atom. The number of halogens is 6. The fourth-order valence-corrected chi connectivity index (χ4v) is 5.29. The zero-order valence-corrected chi connectivity index (χ0v) is 25.3. The second-order valence-corrected chi connectivity index (χ2v) is 11.1. The van der Waals surface area contributed by atoms with Gasteiger partial charge in [-0.05, 0) is 54.7 Å². The number of primary amides is 1. The highest BCUT2D eigenvalue weighted by Gasteiger charge is 2.40. The topological polar surface area (TPSA) is 128 Å². The fraction of sp³-hybridized carbons (Fsp3) is 0.406. The van der Waals surface area contributed by atoms with Gasteiger partial charge in [0.1, 0.15) is 36.1 Å². The molecule has 2 aromatic carbocycles. The van der Waals surface area contributed by atoms with Crippen LogP contribution in [0.1, 0.15) is 42.4 Å². The standard InChI is InChI=1S/C32H35F6N5O4/c1-2-27(32(36,37)38)43-31(45)47-17-22-16-46-23(13-41-22)11-12-24-25(35)14-40-15-26(24)42-29(30(39)44)28(18-3-7-20(33)8-4-18)19-5-9-21(34)10-6-19/h3-10,14-15,22-23,27-29,41-42H,2,11-13,16-17H2,1H3,(H2,39,44)(H,43,45)/t22-,23+,27+,29-/m0/s1. The van der Waals surface area contributed by atoms with Gasteiger partial charge in [-0.15, -0.1) is 0 Å². The Morgan fingerprint density at radius 2 is 1.66 bits per heavy atom. The van der Waals surface area contributed by atoms with Crippen LogP contribution >= 0.6 is 0 Å². The number of alkyl carbamates (subject to hydrolysis) is 1. The summed E-state index contributed by atoms with van der Waals surface area (Å²) >= 11 is 0. The molecule has 0 bridgehead atoms. The number of nitrogens with two attached hydrogens (primary N) is 1. The summed E-state index contributed by atoms with van der Waals surface area (Å²) in [7, 11) is 0. The third kappa shape index (κ3) is 9.81. The molecule has 1 saturated heterocycles. The van der Waals surface area contributed by atoms with Crippen molar-refractivity contribution >= 4 is 17.7 Å². The van der Waals surface area contributed by atoms with Crippen molar-refractivity contribution in [1.29, 1.82) is 0 Å². The normalized spacial score (nSPS) is 18.0. The first-order chi connectivity index (χ1) is 22.3. The number of ether oxygens (including phenoxy) is 2. The number of carbonyl (C=O) groups excluding carboxylic acids is 2. The predicted molar refractivity (Wildman–Crippen MR) is 160 cm³/mol. The average molecular weight is 668 g/mol. The zero-order valence-electron chi connectivity index (χ0n) is 25.3. The van der Waals surface area contributed by atoms with Gasteiger partial charge >= 0.3 is 12.3 Å². The van der Waals surface area contributed by atoms with Crippen molar-refractivity contribution in [2.45, 2.75) is 62.5 Å². The first-order valence-electron chi connectivity index (χ1n) is 14.9. The Kier molecular flexibility index (Phi) is 12.0. The number of nitrogens with zero attached hydrogens (tertiary/aromatic N) is 1. The summed E-state index contributed by atoms with van der Waals surface area (Å²) in [4.78, 5) is 28.6. The molecular weight excluding hydrogens is 632 g/mol. The van der Waals surface area contributed by atoms with Crippen molar-refractivity contribution in [2.24, 2.45) is 5.73 Å². The van der Waals surface area contributed by atoms with E-state index in [1.807, 2.05) is 0 Å². The summed E-state index contributed by atoms with van der Waals surface area (Å²) in [6.45, 7) is 1.43. The quantitative estimate of drug-likeness (QED) is 0.190. The highest BCUT2D eigenvalue weighted by Crippen LogP contribution is 2.32. The summed E-state index contributed by atoms with van der Waals surface area (Å²) < 4.78 is 92.0. The smallest absolute Gasteiger partial charge is 0.408 e. The molecule has 1 aromatic heterocycles. The molecule has 4 atom stereocenters. The number of rotatable bonds is 13. The molecule has 1 aliphatic heterocycles. The van der Waals surface area contributed by atoms with Crippen LogP contribution in [0.3, 0.4) is 0 Å². The minimum Gasteiger partial charge on any atom is -0.448 e. The number of amides is 2. The van der Waals surface area contributed by atoms with Crippen LogP contribution in [0, 0.1) is 17.5 Å². The van der Waals surface area contributed by atoms with Gasteiger partial charge < -0.3 is 31.2 Å². The van der Waals surface area contributed by atoms with Crippen LogP contribution < -0.4 is 21.7 Å². The lowest BCUT2D eigenvalue weighted by Gasteiger charge is -2.31. The van der Waals surface area contributed by atoms with E-state index in [1.165, 1.54) is 61.7 Å². The molecule has 5 N–H and O–H groups in total. The van der Waals surface area contributed by atoms with Gasteiger partial charge in [0.2, 0.25) is 5.91 Å². The maximum Gasteiger partial charge on any atom is 0.408 e. The van der Waals surface area contributed by atoms with Crippen molar-refractivity contribution in [3.8, 4) is 0 Å². The monoisotopic (exact) mass is 667 g/mol. The maximum absolute atomic E-state index is 15.1. The Labute approximate surface area is 267 Å². The molecule has 0 spiro atoms. The van der Waals surface area contributed by atoms with Gasteiger partial charge in [-0.25, -0.2) is 18.0 Å². The number of alkyl halides is 3. The Bertz CT molecular complexity index is 1440. The molecule has 254 valence electrons. The lowest BCUT2D eigenvalue weighted by atomic mass is 9.84. The highest BCUT2D eigenvalue weighted by molar-refractivity contribution is 5.85. The van der Waals surface area contributed by atoms with E-state index in [1.54, 1.807) is 5.32 Å². The van der Waals surface area contributed by atoms with Crippen LogP contribution in [0.2, 0.25) is 0 Å². The Hall–Kier alpha value is -4.37. The summed E-state index contributed by atoms with van der Waals surface area (Å²) in [5.74, 6) is -3.26. The van der Waals surface area contributed by atoms with Crippen LogP contribution in [0.5, 0.6) is 0 Å². The van der Waals surface area contributed by atoms with Gasteiger partial charge in [-0.3, -0.25) is 9.78 Å². The van der Waals surface area contributed by atoms with E-state index < -0.39 is 65.8 Å². The van der Waals surface area contributed by atoms with Crippen molar-refractivity contribution in [2.75, 3.05) is 25.1 Å². The fourth-order valence-electron chi connectivity index (χ4n) is 5.29. The zero-order chi connectivity index (χ0) is 34.1. The summed E-state index contributed by atoms with van der Waals surface area (Å²) in [6, 6.07) is 7.14. The Balaban J connectivity index is 1.40. The maximum atomic E-state index is 15.1. The molecule has 1 fully saturated rings. The largest absolute Gasteiger partial charge is 0.448 e. The molecule has 0 radical (unpaired) electrons. The molecule has 2 amide bonds. The number of pyridine rings is 1. The first kappa shape index (κ1) is 35.5. The van der Waals surface area contributed by atoms with Crippen LogP contribution in [0.15, 0.2) is 60.9 Å². The SMILES string of the molecule is CC[C@@H](NC(=O)OC[C@@H]1CO[C@H](CCc2c(F)cncc2N[C@H](C(N)=O)C(c2ccc(F)cc2)c2ccc(F)cc2)CN1)C(F)(F)F. The predicted octanol–water partition coefficient (Wildman–Crippen LogP) is 4.95. The van der Waals surface area contributed by atoms with Gasteiger partial charge in [-0.2, -0.15) is 13.2 Å². The van der Waals surface area contributed by atoms with E-state index in [0.717, 1.165) is 6.20 Å². The number of morpholine rings is 1. The molecule has 2 heterocycles. The highest BCUT2D eigenvalue weighted by atomic mass is 19.4. The first-order valence-corrected chi connectivity index (χ1v) is 14.9. The van der Waals surface area contributed by atoms with E-state index in [0.29, 0.717) is 17.5 Å². The second-order valence-electron chi connectivity index (χ2n) is 11.1. The van der Waals surface area contributed by atoms with Gasteiger partial charge in [0.25, 0.3) is 0 Å². The van der Waals surface area contributed by atoms with Gasteiger partial charge in [-0.1, -0.05) is 31.2 Å². The molecule has 15 heteroatoms. The van der Waals surface area contributed by atoms with Crippen molar-refractivity contribution in [3.05, 3.63) is 95.1 Å². The number of nitrogens with one attached hydrogen (secondary N) is 3. The summed E-state index contributed by atoms with van der Waals surface area (Å²) in [5, 5.41) is 7.92. The number of carbonyl (C=O) groups is 2. The van der Waals surface area contributed by atoms with Crippen LogP contribution in [0.4, 0.5) is 36.8 Å². The third-order valence-electron chi connectivity index (χ3n) is 7.81. The van der Waals surface area contributed by atoms with Crippen LogP contribution in [-0.4, -0.2) is 67.1 Å². The molecule has 1 aliphatic rings. The van der Waals surface area contributed by atoms with Crippen molar-refractivity contribution < 1.29 is 45.4 Å². The number of benzene rings is 2. The van der Waals surface area contributed by atoms with Gasteiger partial charge in [0, 0.05) is 18.0 Å². The van der Waals surface area contributed by atoms with Crippen molar-refractivity contribution in [1.82, 2.24) is 15.6 Å². The minimum absolute atomic E-state index is 0.0825. The molecule has 3 aromatic rings. The third-order valence-corrected chi connectivity index (χ3v) is 7.81. The second kappa shape index (κ2) is 16.0. The van der Waals surface area contributed by atoms with E-state index in [-0.39, 0.29) is 43.9 Å². The van der Waals surface area contributed by atoms with E-state index in [2.05, 4.69) is 15.6 Å². The van der Waals surface area contributed by atoms with E-state index in [4.69, 9.17) is 15.2 Å². The number of hydrogen-bond donors (Lipinski definition) is 4. The molecule has 0 saturated carbocycles. The Morgan fingerprint density at radius 3 is 2.17 bits per heavy atom. The van der Waals surface area contributed by atoms with Crippen LogP contribution in [0.25, 0.3) is 0 Å². The summed E-state index contributed by atoms with van der Waals surface area (Å²) in [5.41, 5.74) is 7.22. The van der Waals surface area contributed by atoms with Crippen LogP contribution in [-0.2, 0) is 20.7 Å². The van der Waals surface area contributed by atoms with Gasteiger partial charge in [0.05, 0.1) is 36.8 Å². The molecule has 47 heavy (non-hydrogen) atoms. The van der Waals surface area contributed by atoms with E-state index >= 15 is 4.39 Å². The number of hydrogen-bond acceptors (Lipinski definition) is 7. The minimum atomic E-state index is -4.59.